The van der Waals surface area contributed by atoms with Gasteiger partial charge in [0, 0.05) is 6.54 Å². The van der Waals surface area contributed by atoms with Gasteiger partial charge in [-0.1, -0.05) is 6.07 Å². The molecule has 2 rings (SSSR count). The van der Waals surface area contributed by atoms with Crippen LogP contribution in [0.4, 0.5) is 0 Å². The highest BCUT2D eigenvalue weighted by atomic mass is 16.5. The number of ether oxygens (including phenoxy) is 2. The number of nitrogens with one attached hydrogen (secondary N) is 1. The number of benzene rings is 1. The van der Waals surface area contributed by atoms with Gasteiger partial charge in [0.2, 0.25) is 0 Å². The van der Waals surface area contributed by atoms with Gasteiger partial charge < -0.3 is 9.47 Å². The number of hydrogen-bond acceptors (Lipinski definition) is 3. The second kappa shape index (κ2) is 3.98. The van der Waals surface area contributed by atoms with Crippen LogP contribution >= 0.6 is 0 Å². The largest absolute Gasteiger partial charge is 0.496 e. The molecule has 0 saturated carbocycles. The summed E-state index contributed by atoms with van der Waals surface area (Å²) in [6, 6.07) is 6.17. The average Bonchev–Trinajstić information content (AvgIpc) is 2.70. The van der Waals surface area contributed by atoms with Crippen molar-refractivity contribution in [2.45, 2.75) is 13.0 Å². The van der Waals surface area contributed by atoms with Crippen LogP contribution in [0.25, 0.3) is 0 Å². The fraction of sp³-hybridized carbons (Fsp3) is 0.455. The molecule has 3 nitrogen and oxygen atoms in total. The third-order valence-corrected chi connectivity index (χ3v) is 2.51. The third-order valence-electron chi connectivity index (χ3n) is 2.51. The van der Waals surface area contributed by atoms with Crippen molar-refractivity contribution in [1.29, 1.82) is 0 Å². The van der Waals surface area contributed by atoms with Crippen LogP contribution in [0.3, 0.4) is 0 Å². The number of hydrogen-bond donors (Lipinski definition) is 1. The first-order valence-electron chi connectivity index (χ1n) is 4.78. The molecule has 1 aliphatic rings. The minimum absolute atomic E-state index is 0.194. The molecule has 1 aromatic carbocycles. The van der Waals surface area contributed by atoms with Gasteiger partial charge in [-0.05, 0) is 30.2 Å². The summed E-state index contributed by atoms with van der Waals surface area (Å²) in [7, 11) is 1.69. The molecule has 0 aromatic heterocycles. The second-order valence-electron chi connectivity index (χ2n) is 3.48. The molecule has 1 heterocycles. The van der Waals surface area contributed by atoms with Gasteiger partial charge in [-0.25, -0.2) is 0 Å². The Labute approximate surface area is 84.0 Å². The molecule has 14 heavy (non-hydrogen) atoms. The summed E-state index contributed by atoms with van der Waals surface area (Å²) in [5, 5.41) is 3.17. The van der Waals surface area contributed by atoms with E-state index in [4.69, 9.17) is 9.47 Å². The van der Waals surface area contributed by atoms with Gasteiger partial charge in [0.25, 0.3) is 0 Å². The van der Waals surface area contributed by atoms with Crippen LogP contribution in [0.2, 0.25) is 0 Å². The number of rotatable bonds is 2. The normalized spacial score (nSPS) is 21.1. The topological polar surface area (TPSA) is 30.5 Å². The van der Waals surface area contributed by atoms with Crippen LogP contribution in [0.15, 0.2) is 18.2 Å². The summed E-state index contributed by atoms with van der Waals surface area (Å²) in [6.07, 6.45) is 0.194. The highest BCUT2D eigenvalue weighted by molar-refractivity contribution is 5.37. The molecule has 1 aliphatic heterocycles. The molecule has 1 fully saturated rings. The highest BCUT2D eigenvalue weighted by Crippen LogP contribution is 2.25. The van der Waals surface area contributed by atoms with Crippen molar-refractivity contribution in [3.05, 3.63) is 29.3 Å². The molecule has 0 spiro atoms. The Morgan fingerprint density at radius 2 is 2.36 bits per heavy atom. The molecule has 1 aromatic rings. The van der Waals surface area contributed by atoms with Crippen molar-refractivity contribution in [2.75, 3.05) is 20.4 Å². The van der Waals surface area contributed by atoms with Crippen molar-refractivity contribution in [1.82, 2.24) is 5.32 Å². The van der Waals surface area contributed by atoms with Gasteiger partial charge in [-0.2, -0.15) is 0 Å². The summed E-state index contributed by atoms with van der Waals surface area (Å²) in [6.45, 7) is 3.59. The first kappa shape index (κ1) is 9.49. The fourth-order valence-corrected chi connectivity index (χ4v) is 1.72. The zero-order valence-electron chi connectivity index (χ0n) is 8.54. The van der Waals surface area contributed by atoms with Crippen LogP contribution in [0, 0.1) is 6.92 Å². The molecule has 1 unspecified atom stereocenters. The fourth-order valence-electron chi connectivity index (χ4n) is 1.72. The van der Waals surface area contributed by atoms with Crippen molar-refractivity contribution in [3.8, 4) is 5.75 Å². The Balaban J connectivity index is 2.23. The van der Waals surface area contributed by atoms with E-state index in [-0.39, 0.29) is 6.10 Å². The lowest BCUT2D eigenvalue weighted by molar-refractivity contribution is 0.114. The zero-order valence-corrected chi connectivity index (χ0v) is 8.54. The number of aryl methyl sites for hydroxylation is 1. The van der Waals surface area contributed by atoms with Crippen LogP contribution in [-0.4, -0.2) is 20.4 Å². The summed E-state index contributed by atoms with van der Waals surface area (Å²) >= 11 is 0. The average molecular weight is 193 g/mol. The minimum Gasteiger partial charge on any atom is -0.496 e. The molecule has 1 saturated heterocycles. The summed E-state index contributed by atoms with van der Waals surface area (Å²) in [5.74, 6) is 0.930. The van der Waals surface area contributed by atoms with Gasteiger partial charge in [-0.3, -0.25) is 5.32 Å². The molecule has 76 valence electrons. The van der Waals surface area contributed by atoms with Crippen LogP contribution in [-0.2, 0) is 4.74 Å². The molecule has 0 radical (unpaired) electrons. The zero-order chi connectivity index (χ0) is 9.97. The van der Waals surface area contributed by atoms with E-state index in [9.17, 15) is 0 Å². The molecule has 1 atom stereocenters. The standard InChI is InChI=1S/C11H15NO2/c1-8-5-9(3-4-10(8)13-2)11-6-12-7-14-11/h3-5,11-12H,6-7H2,1-2H3. The lowest BCUT2D eigenvalue weighted by Gasteiger charge is -2.11. The Morgan fingerprint density at radius 1 is 1.50 bits per heavy atom. The maximum absolute atomic E-state index is 5.52. The van der Waals surface area contributed by atoms with E-state index in [0.29, 0.717) is 6.73 Å². The maximum Gasteiger partial charge on any atom is 0.121 e. The minimum atomic E-state index is 0.194. The van der Waals surface area contributed by atoms with Crippen molar-refractivity contribution < 1.29 is 9.47 Å². The van der Waals surface area contributed by atoms with Crippen LogP contribution in [0.1, 0.15) is 17.2 Å². The van der Waals surface area contributed by atoms with Crippen LogP contribution in [0.5, 0.6) is 5.75 Å². The Morgan fingerprint density at radius 3 is 2.93 bits per heavy atom. The lowest BCUT2D eigenvalue weighted by atomic mass is 10.1. The molecule has 1 N–H and O–H groups in total. The van der Waals surface area contributed by atoms with Crippen molar-refractivity contribution >= 4 is 0 Å². The SMILES string of the molecule is COc1ccc(C2CNCO2)cc1C. The second-order valence-corrected chi connectivity index (χ2v) is 3.48. The molecular weight excluding hydrogens is 178 g/mol. The van der Waals surface area contributed by atoms with Gasteiger partial charge >= 0.3 is 0 Å². The molecule has 0 bridgehead atoms. The Hall–Kier alpha value is -1.06. The molecule has 0 amide bonds. The number of methoxy groups -OCH3 is 1. The summed E-state index contributed by atoms with van der Waals surface area (Å²) < 4.78 is 10.7. The van der Waals surface area contributed by atoms with E-state index < -0.39 is 0 Å². The molecule has 0 aliphatic carbocycles. The Kier molecular flexibility index (Phi) is 2.70. The van der Waals surface area contributed by atoms with E-state index in [1.54, 1.807) is 7.11 Å². The van der Waals surface area contributed by atoms with E-state index in [0.717, 1.165) is 17.9 Å². The lowest BCUT2D eigenvalue weighted by Crippen LogP contribution is -2.08. The first-order valence-corrected chi connectivity index (χ1v) is 4.78. The van der Waals surface area contributed by atoms with E-state index >= 15 is 0 Å². The highest BCUT2D eigenvalue weighted by Gasteiger charge is 2.17. The van der Waals surface area contributed by atoms with E-state index in [2.05, 4.69) is 17.4 Å². The third kappa shape index (κ3) is 1.74. The van der Waals surface area contributed by atoms with Crippen LogP contribution < -0.4 is 10.1 Å². The monoisotopic (exact) mass is 193 g/mol. The summed E-state index contributed by atoms with van der Waals surface area (Å²) in [4.78, 5) is 0. The summed E-state index contributed by atoms with van der Waals surface area (Å²) in [5.41, 5.74) is 2.37. The smallest absolute Gasteiger partial charge is 0.121 e. The molecule has 3 heteroatoms. The van der Waals surface area contributed by atoms with Gasteiger partial charge in [0.15, 0.2) is 0 Å². The maximum atomic E-state index is 5.52. The van der Waals surface area contributed by atoms with E-state index in [1.165, 1.54) is 5.56 Å². The predicted octanol–water partition coefficient (Wildman–Crippen LogP) is 1.62. The molecular formula is C11H15NO2. The van der Waals surface area contributed by atoms with E-state index in [1.807, 2.05) is 13.0 Å². The Bertz CT molecular complexity index is 319. The van der Waals surface area contributed by atoms with Crippen molar-refractivity contribution in [2.24, 2.45) is 0 Å². The van der Waals surface area contributed by atoms with Gasteiger partial charge in [0.05, 0.1) is 19.9 Å². The van der Waals surface area contributed by atoms with Gasteiger partial charge in [0.1, 0.15) is 5.75 Å². The first-order chi connectivity index (χ1) is 6.81. The quantitative estimate of drug-likeness (QED) is 0.774. The van der Waals surface area contributed by atoms with Gasteiger partial charge in [-0.15, -0.1) is 0 Å². The predicted molar refractivity (Wildman–Crippen MR) is 54.4 cm³/mol. The van der Waals surface area contributed by atoms with Crippen molar-refractivity contribution in [3.63, 3.8) is 0 Å².